The maximum absolute atomic E-state index is 13.4. The molecule has 190 valence electrons. The molecule has 1 aliphatic heterocycles. The number of hydrogen-bond acceptors (Lipinski definition) is 6. The van der Waals surface area contributed by atoms with E-state index in [2.05, 4.69) is 6.92 Å². The summed E-state index contributed by atoms with van der Waals surface area (Å²) in [4.78, 5) is 26.3. The monoisotopic (exact) mass is 476 g/mol. The van der Waals surface area contributed by atoms with E-state index in [0.29, 0.717) is 37.0 Å². The van der Waals surface area contributed by atoms with Crippen molar-refractivity contribution in [3.63, 3.8) is 0 Å². The number of hydrogen-bond donors (Lipinski definition) is 2. The summed E-state index contributed by atoms with van der Waals surface area (Å²) in [5.74, 6) is 0.339. The normalized spacial score (nSPS) is 51.4. The van der Waals surface area contributed by atoms with Gasteiger partial charge in [0.2, 0.25) is 0 Å². The second-order valence-corrected chi connectivity index (χ2v) is 12.1. The number of methoxy groups -OCH3 is 1. The van der Waals surface area contributed by atoms with Crippen molar-refractivity contribution in [2.45, 2.75) is 84.4 Å². The van der Waals surface area contributed by atoms with E-state index in [-0.39, 0.29) is 30.7 Å². The maximum Gasteiger partial charge on any atom is 0.314 e. The Balaban J connectivity index is 1.57. The molecule has 0 aromatic rings. The average molecular weight is 477 g/mol. The van der Waals surface area contributed by atoms with Crippen LogP contribution in [-0.4, -0.2) is 60.8 Å². The van der Waals surface area contributed by atoms with Gasteiger partial charge >= 0.3 is 5.97 Å². The number of aliphatic hydroxyl groups is 1. The predicted octanol–water partition coefficient (Wildman–Crippen LogP) is 3.44. The SMILES string of the molecule is CO[C@H]1C[C@H](O)[C@H](OCC23CC4C(C)CCC4C4CC2(C=O)C=C(C(C)C)C43C(=O)O)O[C@@H]1C. The standard InChI is InChI=1S/C27H40O7/c1-14(2)19-10-25(12-28)11-20-17-7-6-15(3)18(17)9-26(25,27(19,20)24(30)31)13-33-23-21(29)8-22(32-5)16(4)34-23/h10,12,14-18,20-23,29H,6-9,11,13H2,1-5H3,(H,30,31)/t15?,16-,17?,18?,20?,21+,22+,23-,25?,26?,27?/m1/s1. The van der Waals surface area contributed by atoms with Crippen LogP contribution in [0.3, 0.4) is 0 Å². The number of ether oxygens (including phenoxy) is 3. The number of carbonyl (C=O) groups is 2. The smallest absolute Gasteiger partial charge is 0.314 e. The number of fused-ring (bicyclic) bond motifs is 2. The van der Waals surface area contributed by atoms with Crippen molar-refractivity contribution in [2.24, 2.45) is 45.8 Å². The Hall–Kier alpha value is -1.28. The molecule has 0 aromatic carbocycles. The lowest BCUT2D eigenvalue weighted by Gasteiger charge is -2.55. The molecule has 5 aliphatic rings. The Kier molecular flexibility index (Phi) is 5.83. The van der Waals surface area contributed by atoms with Crippen LogP contribution in [0.25, 0.3) is 0 Å². The highest BCUT2D eigenvalue weighted by atomic mass is 16.7. The van der Waals surface area contributed by atoms with Crippen LogP contribution in [0.1, 0.15) is 59.8 Å². The first-order chi connectivity index (χ1) is 16.1. The number of aliphatic hydroxyl groups excluding tert-OH is 1. The summed E-state index contributed by atoms with van der Waals surface area (Å²) in [7, 11) is 1.60. The van der Waals surface area contributed by atoms with Gasteiger partial charge in [0.25, 0.3) is 0 Å². The highest BCUT2D eigenvalue weighted by Crippen LogP contribution is 2.82. The van der Waals surface area contributed by atoms with Gasteiger partial charge in [-0.2, -0.15) is 0 Å². The van der Waals surface area contributed by atoms with Crippen LogP contribution in [-0.2, 0) is 23.8 Å². The third-order valence-corrected chi connectivity index (χ3v) is 10.6. The highest BCUT2D eigenvalue weighted by Gasteiger charge is 2.83. The lowest BCUT2D eigenvalue weighted by Crippen LogP contribution is -2.60. The van der Waals surface area contributed by atoms with E-state index in [1.165, 1.54) is 0 Å². The zero-order chi connectivity index (χ0) is 24.6. The van der Waals surface area contributed by atoms with Gasteiger partial charge in [-0.1, -0.05) is 38.8 Å². The molecule has 0 aromatic heterocycles. The van der Waals surface area contributed by atoms with Gasteiger partial charge < -0.3 is 29.2 Å². The van der Waals surface area contributed by atoms with Crippen LogP contribution in [0, 0.1) is 45.8 Å². The summed E-state index contributed by atoms with van der Waals surface area (Å²) in [6.07, 6.45) is 4.56. The van der Waals surface area contributed by atoms with Crippen LogP contribution in [0.2, 0.25) is 0 Å². The van der Waals surface area contributed by atoms with Crippen LogP contribution >= 0.6 is 0 Å². The molecule has 11 atom stereocenters. The van der Waals surface area contributed by atoms with E-state index < -0.39 is 34.6 Å². The van der Waals surface area contributed by atoms with Gasteiger partial charge in [0.1, 0.15) is 17.8 Å². The Morgan fingerprint density at radius 2 is 2.00 bits per heavy atom. The number of carboxylic acid groups (broad SMARTS) is 1. The number of aldehydes is 1. The fourth-order valence-electron chi connectivity index (χ4n) is 9.10. The van der Waals surface area contributed by atoms with Gasteiger partial charge in [-0.3, -0.25) is 4.79 Å². The Morgan fingerprint density at radius 3 is 2.62 bits per heavy atom. The van der Waals surface area contributed by atoms with Crippen molar-refractivity contribution in [1.29, 1.82) is 0 Å². The molecule has 1 saturated heterocycles. The molecule has 4 aliphatic carbocycles. The summed E-state index contributed by atoms with van der Waals surface area (Å²) in [6, 6.07) is 0. The molecule has 0 spiro atoms. The third-order valence-electron chi connectivity index (χ3n) is 10.6. The summed E-state index contributed by atoms with van der Waals surface area (Å²) in [5.41, 5.74) is -1.96. The lowest BCUT2D eigenvalue weighted by atomic mass is 9.47. The first-order valence-corrected chi connectivity index (χ1v) is 13.0. The van der Waals surface area contributed by atoms with Crippen LogP contribution in [0.15, 0.2) is 11.6 Å². The number of allylic oxidation sites excluding steroid dienone is 1. The molecule has 34 heavy (non-hydrogen) atoms. The molecule has 7 nitrogen and oxygen atoms in total. The van der Waals surface area contributed by atoms with Gasteiger partial charge in [-0.15, -0.1) is 0 Å². The van der Waals surface area contributed by atoms with E-state index in [9.17, 15) is 19.8 Å². The third kappa shape index (κ3) is 2.84. The van der Waals surface area contributed by atoms with Crippen LogP contribution in [0.4, 0.5) is 0 Å². The van der Waals surface area contributed by atoms with Crippen molar-refractivity contribution < 1.29 is 34.0 Å². The first-order valence-electron chi connectivity index (χ1n) is 13.0. The first kappa shape index (κ1) is 24.4. The Morgan fingerprint density at radius 1 is 1.26 bits per heavy atom. The Bertz CT molecular complexity index is 884. The topological polar surface area (TPSA) is 102 Å². The fraction of sp³-hybridized carbons (Fsp3) is 0.852. The molecule has 1 heterocycles. The second kappa shape index (κ2) is 8.12. The summed E-state index contributed by atoms with van der Waals surface area (Å²) >= 11 is 0. The van der Waals surface area contributed by atoms with Crippen LogP contribution in [0.5, 0.6) is 0 Å². The minimum Gasteiger partial charge on any atom is -0.481 e. The average Bonchev–Trinajstić information content (AvgIpc) is 3.35. The molecule has 2 N–H and O–H groups in total. The number of carboxylic acids is 1. The quantitative estimate of drug-likeness (QED) is 0.429. The summed E-state index contributed by atoms with van der Waals surface area (Å²) < 4.78 is 17.7. The molecule has 7 unspecified atom stereocenters. The Labute approximate surface area is 202 Å². The van der Waals surface area contributed by atoms with Gasteiger partial charge in [0, 0.05) is 18.9 Å². The molecule has 0 amide bonds. The number of rotatable bonds is 7. The molecule has 4 fully saturated rings. The van der Waals surface area contributed by atoms with Gasteiger partial charge in [0.05, 0.1) is 24.2 Å². The van der Waals surface area contributed by atoms with E-state index in [1.54, 1.807) is 7.11 Å². The minimum absolute atomic E-state index is 0.0227. The second-order valence-electron chi connectivity index (χ2n) is 12.1. The van der Waals surface area contributed by atoms with Crippen molar-refractivity contribution in [3.8, 4) is 0 Å². The maximum atomic E-state index is 13.4. The van der Waals surface area contributed by atoms with Crippen molar-refractivity contribution >= 4 is 12.3 Å². The van der Waals surface area contributed by atoms with E-state index in [4.69, 9.17) is 14.2 Å². The number of aliphatic carboxylic acids is 1. The zero-order valence-corrected chi connectivity index (χ0v) is 21.0. The van der Waals surface area contributed by atoms with Gasteiger partial charge in [-0.25, -0.2) is 0 Å². The van der Waals surface area contributed by atoms with E-state index >= 15 is 0 Å². The van der Waals surface area contributed by atoms with Gasteiger partial charge in [0.15, 0.2) is 6.29 Å². The summed E-state index contributed by atoms with van der Waals surface area (Å²) in [5, 5.41) is 21.7. The van der Waals surface area contributed by atoms with E-state index in [1.807, 2.05) is 26.8 Å². The van der Waals surface area contributed by atoms with E-state index in [0.717, 1.165) is 24.7 Å². The molecule has 7 heteroatoms. The molecule has 4 bridgehead atoms. The molecule has 0 radical (unpaired) electrons. The summed E-state index contributed by atoms with van der Waals surface area (Å²) in [6.45, 7) is 8.32. The van der Waals surface area contributed by atoms with Crippen molar-refractivity contribution in [1.82, 2.24) is 0 Å². The molecular formula is C27H40O7. The predicted molar refractivity (Wildman–Crippen MR) is 124 cm³/mol. The minimum atomic E-state index is -1.12. The number of carbonyl (C=O) groups excluding carboxylic acids is 1. The highest BCUT2D eigenvalue weighted by molar-refractivity contribution is 5.88. The molecule has 5 rings (SSSR count). The van der Waals surface area contributed by atoms with Crippen molar-refractivity contribution in [2.75, 3.05) is 13.7 Å². The lowest BCUT2D eigenvalue weighted by molar-refractivity contribution is -0.280. The molecular weight excluding hydrogens is 436 g/mol. The largest absolute Gasteiger partial charge is 0.481 e. The fourth-order valence-corrected chi connectivity index (χ4v) is 9.10. The van der Waals surface area contributed by atoms with Crippen LogP contribution < -0.4 is 0 Å². The zero-order valence-electron chi connectivity index (χ0n) is 21.0. The van der Waals surface area contributed by atoms with Crippen molar-refractivity contribution in [3.05, 3.63) is 11.6 Å². The van der Waals surface area contributed by atoms with Gasteiger partial charge in [-0.05, 0) is 55.8 Å². The molecule has 3 saturated carbocycles.